The van der Waals surface area contributed by atoms with Crippen LogP contribution in [0.25, 0.3) is 0 Å². The van der Waals surface area contributed by atoms with Gasteiger partial charge in [-0.1, -0.05) is 27.7 Å². The van der Waals surface area contributed by atoms with Crippen LogP contribution < -0.4 is 5.32 Å². The molecule has 0 aromatic rings. The van der Waals surface area contributed by atoms with Crippen LogP contribution in [0.4, 0.5) is 0 Å². The molecule has 0 aromatic heterocycles. The van der Waals surface area contributed by atoms with E-state index in [1.54, 1.807) is 11.8 Å². The Labute approximate surface area is 79.5 Å². The van der Waals surface area contributed by atoms with Crippen molar-refractivity contribution in [3.05, 3.63) is 0 Å². The van der Waals surface area contributed by atoms with E-state index in [0.29, 0.717) is 5.88 Å². The van der Waals surface area contributed by atoms with E-state index in [9.17, 15) is 4.79 Å². The fraction of sp³-hybridized carbons (Fsp3) is 0.889. The van der Waals surface area contributed by atoms with Crippen LogP contribution in [0.15, 0.2) is 0 Å². The monoisotopic (exact) mass is 189 g/mol. The summed E-state index contributed by atoms with van der Waals surface area (Å²) in [7, 11) is 0. The van der Waals surface area contributed by atoms with Crippen molar-refractivity contribution in [3.63, 3.8) is 0 Å². The van der Waals surface area contributed by atoms with Gasteiger partial charge in [-0.15, -0.1) is 11.8 Å². The van der Waals surface area contributed by atoms with E-state index in [2.05, 4.69) is 26.1 Å². The maximum absolute atomic E-state index is 11.4. The Morgan fingerprint density at radius 2 is 2.00 bits per heavy atom. The van der Waals surface area contributed by atoms with E-state index in [1.165, 1.54) is 0 Å². The first kappa shape index (κ1) is 11.8. The first-order valence-electron chi connectivity index (χ1n) is 4.16. The third-order valence-corrected chi connectivity index (χ3v) is 2.52. The summed E-state index contributed by atoms with van der Waals surface area (Å²) in [5, 5.41) is 2.86. The molecule has 1 amide bonds. The zero-order valence-electron chi connectivity index (χ0n) is 8.60. The maximum atomic E-state index is 11.4. The number of carbonyl (C=O) groups excluding carboxylic acids is 1. The standard InChI is InChI=1S/C9H19NOS/c1-7(9(2,3)4)8(11)10-6-12-5/h7H,6H2,1-5H3,(H,10,11)/t7-/m0/s1. The predicted octanol–water partition coefficient (Wildman–Crippen LogP) is 2.11. The predicted molar refractivity (Wildman–Crippen MR) is 55.1 cm³/mol. The molecule has 0 aliphatic carbocycles. The minimum absolute atomic E-state index is 0.0580. The Morgan fingerprint density at radius 3 is 2.33 bits per heavy atom. The molecule has 1 N–H and O–H groups in total. The van der Waals surface area contributed by atoms with Crippen molar-refractivity contribution in [2.24, 2.45) is 11.3 Å². The van der Waals surface area contributed by atoms with Gasteiger partial charge in [-0.25, -0.2) is 0 Å². The van der Waals surface area contributed by atoms with Crippen LogP contribution in [0.5, 0.6) is 0 Å². The van der Waals surface area contributed by atoms with Crippen molar-refractivity contribution < 1.29 is 4.79 Å². The Kier molecular flexibility index (Phi) is 4.68. The molecule has 0 spiro atoms. The average molecular weight is 189 g/mol. The third kappa shape index (κ3) is 4.00. The topological polar surface area (TPSA) is 29.1 Å². The Morgan fingerprint density at radius 1 is 1.50 bits per heavy atom. The van der Waals surface area contributed by atoms with E-state index in [4.69, 9.17) is 0 Å². The van der Waals surface area contributed by atoms with Crippen molar-refractivity contribution in [2.75, 3.05) is 12.1 Å². The molecule has 0 heterocycles. The second-order valence-corrected chi connectivity index (χ2v) is 4.93. The quantitative estimate of drug-likeness (QED) is 0.689. The lowest BCUT2D eigenvalue weighted by atomic mass is 9.81. The SMILES string of the molecule is CSCNC(=O)[C@H](C)C(C)(C)C. The zero-order valence-corrected chi connectivity index (χ0v) is 9.42. The fourth-order valence-electron chi connectivity index (χ4n) is 0.690. The van der Waals surface area contributed by atoms with Crippen molar-refractivity contribution in [1.29, 1.82) is 0 Å². The second kappa shape index (κ2) is 4.75. The number of rotatable bonds is 3. The molecule has 0 rings (SSSR count). The highest BCUT2D eigenvalue weighted by Gasteiger charge is 2.25. The number of nitrogens with one attached hydrogen (secondary N) is 1. The van der Waals surface area contributed by atoms with E-state index in [-0.39, 0.29) is 17.2 Å². The molecular weight excluding hydrogens is 170 g/mol. The lowest BCUT2D eigenvalue weighted by Crippen LogP contribution is -2.35. The van der Waals surface area contributed by atoms with E-state index < -0.39 is 0 Å². The van der Waals surface area contributed by atoms with Crippen LogP contribution in [0.2, 0.25) is 0 Å². The molecule has 0 radical (unpaired) electrons. The van der Waals surface area contributed by atoms with Crippen molar-refractivity contribution in [3.8, 4) is 0 Å². The van der Waals surface area contributed by atoms with Gasteiger partial charge >= 0.3 is 0 Å². The van der Waals surface area contributed by atoms with Gasteiger partial charge in [0.1, 0.15) is 0 Å². The summed E-state index contributed by atoms with van der Waals surface area (Å²) < 4.78 is 0. The molecule has 12 heavy (non-hydrogen) atoms. The molecule has 0 aromatic carbocycles. The van der Waals surface area contributed by atoms with Gasteiger partial charge in [0.2, 0.25) is 5.91 Å². The van der Waals surface area contributed by atoms with E-state index in [1.807, 2.05) is 13.2 Å². The maximum Gasteiger partial charge on any atom is 0.224 e. The minimum Gasteiger partial charge on any atom is -0.347 e. The number of thioether (sulfide) groups is 1. The van der Waals surface area contributed by atoms with Crippen LogP contribution in [0.1, 0.15) is 27.7 Å². The molecule has 0 aliphatic heterocycles. The van der Waals surface area contributed by atoms with Gasteiger partial charge in [-0.05, 0) is 11.7 Å². The summed E-state index contributed by atoms with van der Waals surface area (Å²) in [6, 6.07) is 0. The van der Waals surface area contributed by atoms with Crippen molar-refractivity contribution >= 4 is 17.7 Å². The molecule has 0 unspecified atom stereocenters. The van der Waals surface area contributed by atoms with Gasteiger partial charge < -0.3 is 5.32 Å². The first-order chi connectivity index (χ1) is 5.39. The molecule has 2 nitrogen and oxygen atoms in total. The molecule has 0 aliphatic rings. The number of hydrogen-bond acceptors (Lipinski definition) is 2. The minimum atomic E-state index is 0.0580. The average Bonchev–Trinajstić information content (AvgIpc) is 1.97. The lowest BCUT2D eigenvalue weighted by molar-refractivity contribution is -0.127. The van der Waals surface area contributed by atoms with Crippen molar-refractivity contribution in [1.82, 2.24) is 5.32 Å². The second-order valence-electron chi connectivity index (χ2n) is 4.06. The van der Waals surface area contributed by atoms with Gasteiger partial charge in [-0.2, -0.15) is 0 Å². The molecular formula is C9H19NOS. The highest BCUT2D eigenvalue weighted by molar-refractivity contribution is 7.98. The Hall–Kier alpha value is -0.180. The largest absolute Gasteiger partial charge is 0.347 e. The highest BCUT2D eigenvalue weighted by Crippen LogP contribution is 2.25. The number of amides is 1. The third-order valence-electron chi connectivity index (χ3n) is 2.08. The zero-order chi connectivity index (χ0) is 9.78. The van der Waals surface area contributed by atoms with Crippen LogP contribution in [0.3, 0.4) is 0 Å². The summed E-state index contributed by atoms with van der Waals surface area (Å²) in [6.45, 7) is 8.21. The van der Waals surface area contributed by atoms with Gasteiger partial charge in [0.05, 0.1) is 5.88 Å². The molecule has 72 valence electrons. The molecule has 0 saturated heterocycles. The summed E-state index contributed by atoms with van der Waals surface area (Å²) in [5.74, 6) is 0.931. The normalized spacial score (nSPS) is 14.1. The molecule has 0 fully saturated rings. The lowest BCUT2D eigenvalue weighted by Gasteiger charge is -2.25. The van der Waals surface area contributed by atoms with Crippen LogP contribution >= 0.6 is 11.8 Å². The van der Waals surface area contributed by atoms with Crippen LogP contribution in [-0.2, 0) is 4.79 Å². The summed E-state index contributed by atoms with van der Waals surface area (Å²) >= 11 is 1.63. The fourth-order valence-corrected chi connectivity index (χ4v) is 0.976. The molecule has 0 bridgehead atoms. The van der Waals surface area contributed by atoms with Crippen LogP contribution in [-0.4, -0.2) is 18.0 Å². The highest BCUT2D eigenvalue weighted by atomic mass is 32.2. The van der Waals surface area contributed by atoms with Crippen molar-refractivity contribution in [2.45, 2.75) is 27.7 Å². The Bertz CT molecular complexity index is 151. The molecule has 3 heteroatoms. The summed E-state index contributed by atoms with van der Waals surface area (Å²) in [6.07, 6.45) is 1.97. The van der Waals surface area contributed by atoms with Gasteiger partial charge in [0.15, 0.2) is 0 Å². The summed E-state index contributed by atoms with van der Waals surface area (Å²) in [5.41, 5.74) is 0.0580. The van der Waals surface area contributed by atoms with Gasteiger partial charge in [0.25, 0.3) is 0 Å². The van der Waals surface area contributed by atoms with Crippen LogP contribution in [0, 0.1) is 11.3 Å². The van der Waals surface area contributed by atoms with Gasteiger partial charge in [0, 0.05) is 5.92 Å². The Balaban J connectivity index is 3.94. The molecule has 1 atom stereocenters. The molecule has 0 saturated carbocycles. The first-order valence-corrected chi connectivity index (χ1v) is 5.55. The number of carbonyl (C=O) groups is 1. The number of hydrogen-bond donors (Lipinski definition) is 1. The van der Waals surface area contributed by atoms with E-state index >= 15 is 0 Å². The van der Waals surface area contributed by atoms with Gasteiger partial charge in [-0.3, -0.25) is 4.79 Å². The van der Waals surface area contributed by atoms with E-state index in [0.717, 1.165) is 0 Å². The summed E-state index contributed by atoms with van der Waals surface area (Å²) in [4.78, 5) is 11.4. The smallest absolute Gasteiger partial charge is 0.224 e.